The van der Waals surface area contributed by atoms with Gasteiger partial charge in [0.15, 0.2) is 0 Å². The summed E-state index contributed by atoms with van der Waals surface area (Å²) in [7, 11) is -0.176. The van der Waals surface area contributed by atoms with Crippen LogP contribution in [0.25, 0.3) is 0 Å². The zero-order valence-corrected chi connectivity index (χ0v) is 14.8. The van der Waals surface area contributed by atoms with Crippen LogP contribution in [-0.4, -0.2) is 46.6 Å². The molecule has 1 N–H and O–H groups in total. The molecule has 0 saturated carbocycles. The minimum Gasteiger partial charge on any atom is -0.383 e. The van der Waals surface area contributed by atoms with Crippen molar-refractivity contribution in [3.05, 3.63) is 27.4 Å². The van der Waals surface area contributed by atoms with Crippen molar-refractivity contribution in [2.75, 3.05) is 33.9 Å². The first-order valence-electron chi connectivity index (χ1n) is 6.00. The van der Waals surface area contributed by atoms with E-state index in [4.69, 9.17) is 4.74 Å². The third-order valence-corrected chi connectivity index (χ3v) is 6.67. The monoisotopic (exact) mass is 382 g/mol. The molecule has 0 bridgehead atoms. The summed E-state index contributed by atoms with van der Waals surface area (Å²) in [6, 6.07) is 1.70. The van der Waals surface area contributed by atoms with E-state index in [9.17, 15) is 8.42 Å². The minimum absolute atomic E-state index is 0.259. The number of nitrogens with zero attached hydrogens (tertiary/aromatic N) is 1. The van der Waals surface area contributed by atoms with E-state index in [-0.39, 0.29) is 6.54 Å². The standard InChI is InChI=1S/C12H19BrN2O3S2/c1-4-5-15(6-7-18-3)20(16,17)11-8-10(9-14-2)19-12(11)13/h4,8,14H,1,5-7,9H2,2-3H3. The van der Waals surface area contributed by atoms with E-state index < -0.39 is 10.0 Å². The molecule has 0 aromatic carbocycles. The number of methoxy groups -OCH3 is 1. The lowest BCUT2D eigenvalue weighted by molar-refractivity contribution is 0.182. The summed E-state index contributed by atoms with van der Waals surface area (Å²) in [5, 5.41) is 3.01. The first kappa shape index (κ1) is 17.8. The van der Waals surface area contributed by atoms with Gasteiger partial charge in [-0.15, -0.1) is 17.9 Å². The van der Waals surface area contributed by atoms with E-state index in [1.807, 2.05) is 7.05 Å². The van der Waals surface area contributed by atoms with Crippen molar-refractivity contribution in [2.24, 2.45) is 0 Å². The summed E-state index contributed by atoms with van der Waals surface area (Å²) in [4.78, 5) is 1.26. The van der Waals surface area contributed by atoms with Gasteiger partial charge in [0.05, 0.1) is 10.4 Å². The van der Waals surface area contributed by atoms with Crippen LogP contribution in [0.1, 0.15) is 4.88 Å². The quantitative estimate of drug-likeness (QED) is 0.664. The molecule has 0 aliphatic heterocycles. The second-order valence-corrected chi connectivity index (χ2v) is 8.39. The Hall–Kier alpha value is -0.250. The van der Waals surface area contributed by atoms with Crippen molar-refractivity contribution in [1.82, 2.24) is 9.62 Å². The predicted molar refractivity (Wildman–Crippen MR) is 85.6 cm³/mol. The molecule has 0 spiro atoms. The number of rotatable bonds is 9. The van der Waals surface area contributed by atoms with Crippen LogP contribution < -0.4 is 5.32 Å². The highest BCUT2D eigenvalue weighted by Gasteiger charge is 2.27. The molecule has 0 unspecified atom stereocenters. The van der Waals surface area contributed by atoms with Crippen LogP contribution in [0.3, 0.4) is 0 Å². The van der Waals surface area contributed by atoms with E-state index >= 15 is 0 Å². The van der Waals surface area contributed by atoms with Crippen LogP contribution in [0.15, 0.2) is 27.4 Å². The second-order valence-electron chi connectivity index (χ2n) is 4.03. The lowest BCUT2D eigenvalue weighted by Gasteiger charge is -2.19. The average molecular weight is 383 g/mol. The van der Waals surface area contributed by atoms with Crippen LogP contribution >= 0.6 is 27.3 Å². The molecule has 1 aromatic rings. The van der Waals surface area contributed by atoms with Gasteiger partial charge in [0, 0.05) is 31.6 Å². The van der Waals surface area contributed by atoms with Gasteiger partial charge in [-0.05, 0) is 29.0 Å². The molecular weight excluding hydrogens is 364 g/mol. The molecule has 0 amide bonds. The highest BCUT2D eigenvalue weighted by atomic mass is 79.9. The number of halogens is 1. The SMILES string of the molecule is C=CCN(CCOC)S(=O)(=O)c1cc(CNC)sc1Br. The van der Waals surface area contributed by atoms with Gasteiger partial charge in [-0.2, -0.15) is 4.31 Å². The van der Waals surface area contributed by atoms with Crippen LogP contribution in [0.5, 0.6) is 0 Å². The summed E-state index contributed by atoms with van der Waals surface area (Å²) < 4.78 is 32.2. The third kappa shape index (κ3) is 4.37. The van der Waals surface area contributed by atoms with E-state index in [2.05, 4.69) is 27.8 Å². The number of thiophene rings is 1. The zero-order valence-electron chi connectivity index (χ0n) is 11.6. The first-order valence-corrected chi connectivity index (χ1v) is 9.05. The number of hydrogen-bond donors (Lipinski definition) is 1. The lowest BCUT2D eigenvalue weighted by Crippen LogP contribution is -2.34. The summed E-state index contributed by atoms with van der Waals surface area (Å²) in [6.45, 7) is 5.15. The molecule has 1 heterocycles. The number of hydrogen-bond acceptors (Lipinski definition) is 5. The topological polar surface area (TPSA) is 58.6 Å². The second kappa shape index (κ2) is 8.26. The molecule has 8 heteroatoms. The van der Waals surface area contributed by atoms with Crippen LogP contribution in [0, 0.1) is 0 Å². The Morgan fingerprint density at radius 1 is 1.60 bits per heavy atom. The normalized spacial score (nSPS) is 12.0. The summed E-state index contributed by atoms with van der Waals surface area (Å²) in [6.07, 6.45) is 1.57. The highest BCUT2D eigenvalue weighted by molar-refractivity contribution is 9.11. The molecule has 5 nitrogen and oxygen atoms in total. The molecule has 20 heavy (non-hydrogen) atoms. The van der Waals surface area contributed by atoms with Crippen LogP contribution in [0.4, 0.5) is 0 Å². The predicted octanol–water partition coefficient (Wildman–Crippen LogP) is 2.05. The van der Waals surface area contributed by atoms with Gasteiger partial charge in [0.1, 0.15) is 4.90 Å². The van der Waals surface area contributed by atoms with Gasteiger partial charge in [-0.1, -0.05) is 6.08 Å². The van der Waals surface area contributed by atoms with E-state index in [1.54, 1.807) is 19.3 Å². The van der Waals surface area contributed by atoms with Gasteiger partial charge >= 0.3 is 0 Å². The summed E-state index contributed by atoms with van der Waals surface area (Å²) >= 11 is 4.75. The Morgan fingerprint density at radius 3 is 2.85 bits per heavy atom. The van der Waals surface area contributed by atoms with E-state index in [1.165, 1.54) is 15.6 Å². The van der Waals surface area contributed by atoms with Gasteiger partial charge in [-0.25, -0.2) is 8.42 Å². The smallest absolute Gasteiger partial charge is 0.245 e. The van der Waals surface area contributed by atoms with Crippen molar-refractivity contribution in [3.63, 3.8) is 0 Å². The maximum atomic E-state index is 12.6. The number of ether oxygens (including phenoxy) is 1. The average Bonchev–Trinajstić information content (AvgIpc) is 2.76. The van der Waals surface area contributed by atoms with Gasteiger partial charge in [-0.3, -0.25) is 0 Å². The Balaban J connectivity index is 3.08. The maximum absolute atomic E-state index is 12.6. The van der Waals surface area contributed by atoms with Crippen LogP contribution in [-0.2, 0) is 21.3 Å². The molecule has 114 valence electrons. The first-order chi connectivity index (χ1) is 9.47. The van der Waals surface area contributed by atoms with Gasteiger partial charge in [0.2, 0.25) is 10.0 Å². The highest BCUT2D eigenvalue weighted by Crippen LogP contribution is 2.33. The molecule has 1 aromatic heterocycles. The van der Waals surface area contributed by atoms with Crippen molar-refractivity contribution in [1.29, 1.82) is 0 Å². The molecule has 0 saturated heterocycles. The molecular formula is C12H19BrN2O3S2. The van der Waals surface area contributed by atoms with Gasteiger partial charge < -0.3 is 10.1 Å². The molecule has 0 atom stereocenters. The fraction of sp³-hybridized carbons (Fsp3) is 0.500. The molecule has 0 aliphatic carbocycles. The van der Waals surface area contributed by atoms with Crippen molar-refractivity contribution in [2.45, 2.75) is 11.4 Å². The Morgan fingerprint density at radius 2 is 2.30 bits per heavy atom. The lowest BCUT2D eigenvalue weighted by atomic mass is 10.5. The number of sulfonamides is 1. The van der Waals surface area contributed by atoms with E-state index in [0.717, 1.165) is 4.88 Å². The largest absolute Gasteiger partial charge is 0.383 e. The van der Waals surface area contributed by atoms with E-state index in [0.29, 0.717) is 28.4 Å². The molecule has 0 fully saturated rings. The third-order valence-electron chi connectivity index (χ3n) is 2.55. The fourth-order valence-corrected chi connectivity index (χ4v) is 5.66. The Bertz CT molecular complexity index is 543. The van der Waals surface area contributed by atoms with Crippen molar-refractivity contribution in [3.8, 4) is 0 Å². The summed E-state index contributed by atoms with van der Waals surface area (Å²) in [5.74, 6) is 0. The maximum Gasteiger partial charge on any atom is 0.245 e. The molecule has 1 rings (SSSR count). The zero-order chi connectivity index (χ0) is 15.2. The minimum atomic E-state index is -3.55. The van der Waals surface area contributed by atoms with Crippen molar-refractivity contribution >= 4 is 37.3 Å². The van der Waals surface area contributed by atoms with Gasteiger partial charge in [0.25, 0.3) is 0 Å². The van der Waals surface area contributed by atoms with Crippen molar-refractivity contribution < 1.29 is 13.2 Å². The van der Waals surface area contributed by atoms with Crippen LogP contribution in [0.2, 0.25) is 0 Å². The Labute approximate surface area is 132 Å². The summed E-state index contributed by atoms with van der Waals surface area (Å²) in [5.41, 5.74) is 0. The fourth-order valence-electron chi connectivity index (χ4n) is 1.62. The number of nitrogens with one attached hydrogen (secondary N) is 1. The molecule has 0 radical (unpaired) electrons. The molecule has 0 aliphatic rings. The Kier molecular flexibility index (Phi) is 7.35.